The third-order valence-electron chi connectivity index (χ3n) is 3.38. The third kappa shape index (κ3) is 9.25. The highest BCUT2D eigenvalue weighted by Gasteiger charge is 2.52. The Morgan fingerprint density at radius 2 is 1.48 bits per heavy atom. The lowest BCUT2D eigenvalue weighted by molar-refractivity contribution is -0.136. The van der Waals surface area contributed by atoms with Crippen molar-refractivity contribution in [1.29, 1.82) is 0 Å². The van der Waals surface area contributed by atoms with E-state index in [0.717, 1.165) is 44.6 Å². The van der Waals surface area contributed by atoms with Crippen molar-refractivity contribution in [3.8, 4) is 0 Å². The van der Waals surface area contributed by atoms with Gasteiger partial charge in [0.1, 0.15) is 5.73 Å². The van der Waals surface area contributed by atoms with Crippen LogP contribution in [-0.2, 0) is 22.8 Å². The Bertz CT molecular complexity index is 312. The molecular weight excluding hydrogens is 312 g/mol. The highest BCUT2D eigenvalue weighted by atomic mass is 28.4. The normalized spacial score (nSPS) is 12.9. The molecule has 0 aromatic rings. The molecule has 23 heavy (non-hydrogen) atoms. The number of ether oxygens (including phenoxy) is 1. The van der Waals surface area contributed by atoms with Crippen LogP contribution in [0.15, 0.2) is 12.7 Å². The van der Waals surface area contributed by atoms with Gasteiger partial charge in [-0.25, -0.2) is 4.79 Å². The lowest BCUT2D eigenvalue weighted by atomic mass is 10.4. The van der Waals surface area contributed by atoms with E-state index >= 15 is 0 Å². The summed E-state index contributed by atoms with van der Waals surface area (Å²) in [6.45, 7) is 13.2. The second-order valence-corrected chi connectivity index (χ2v) is 8.30. The quantitative estimate of drug-likeness (QED) is 0.254. The van der Waals surface area contributed by atoms with E-state index in [0.29, 0.717) is 19.8 Å². The second-order valence-electron chi connectivity index (χ2n) is 5.50. The van der Waals surface area contributed by atoms with Crippen LogP contribution in [0.2, 0.25) is 0 Å². The van der Waals surface area contributed by atoms with Crippen LogP contribution >= 0.6 is 0 Å². The Morgan fingerprint density at radius 3 is 1.91 bits per heavy atom. The molecule has 6 heteroatoms. The summed E-state index contributed by atoms with van der Waals surface area (Å²) in [6, 6.07) is 0. The molecule has 0 aliphatic carbocycles. The number of rotatable bonds is 15. The molecule has 0 N–H and O–H groups in total. The molecule has 136 valence electrons. The summed E-state index contributed by atoms with van der Waals surface area (Å²) in [5.74, 6) is -0.518. The van der Waals surface area contributed by atoms with Crippen LogP contribution in [0.5, 0.6) is 0 Å². The van der Waals surface area contributed by atoms with Gasteiger partial charge >= 0.3 is 14.8 Å². The zero-order chi connectivity index (χ0) is 17.6. The maximum Gasteiger partial charge on any atom is 0.598 e. The van der Waals surface area contributed by atoms with Gasteiger partial charge in [-0.05, 0) is 26.2 Å². The average Bonchev–Trinajstić information content (AvgIpc) is 2.55. The van der Waals surface area contributed by atoms with Crippen LogP contribution in [-0.4, -0.2) is 40.3 Å². The molecule has 0 rings (SSSR count). The molecule has 5 nitrogen and oxygen atoms in total. The first-order chi connectivity index (χ1) is 11.1. The fourth-order valence-electron chi connectivity index (χ4n) is 1.82. The van der Waals surface area contributed by atoms with Gasteiger partial charge < -0.3 is 18.0 Å². The molecule has 0 aromatic heterocycles. The molecule has 1 unspecified atom stereocenters. The van der Waals surface area contributed by atoms with Crippen molar-refractivity contribution in [2.45, 2.75) is 71.9 Å². The molecule has 0 radical (unpaired) electrons. The highest BCUT2D eigenvalue weighted by Crippen LogP contribution is 2.20. The SMILES string of the molecule is C=CC(=O)O[Si](OCCCC)(OCCCC)C(C)OCCCC. The molecule has 0 heterocycles. The molecule has 0 saturated heterocycles. The summed E-state index contributed by atoms with van der Waals surface area (Å²) in [5, 5.41) is 0. The molecule has 0 saturated carbocycles. The summed E-state index contributed by atoms with van der Waals surface area (Å²) >= 11 is 0. The predicted molar refractivity (Wildman–Crippen MR) is 94.1 cm³/mol. The lowest BCUT2D eigenvalue weighted by Crippen LogP contribution is -2.57. The Labute approximate surface area is 142 Å². The van der Waals surface area contributed by atoms with E-state index < -0.39 is 14.8 Å². The van der Waals surface area contributed by atoms with E-state index in [4.69, 9.17) is 18.0 Å². The lowest BCUT2D eigenvalue weighted by Gasteiger charge is -2.33. The molecule has 0 fully saturated rings. The minimum absolute atomic E-state index is 0.383. The van der Waals surface area contributed by atoms with Crippen molar-refractivity contribution in [3.63, 3.8) is 0 Å². The zero-order valence-electron chi connectivity index (χ0n) is 15.3. The van der Waals surface area contributed by atoms with Crippen LogP contribution in [0.25, 0.3) is 0 Å². The van der Waals surface area contributed by atoms with Crippen molar-refractivity contribution in [3.05, 3.63) is 12.7 Å². The number of unbranched alkanes of at least 4 members (excludes halogenated alkanes) is 3. The van der Waals surface area contributed by atoms with Gasteiger partial charge in [-0.1, -0.05) is 46.6 Å². The van der Waals surface area contributed by atoms with Gasteiger partial charge in [0.2, 0.25) is 0 Å². The first kappa shape index (κ1) is 22.3. The van der Waals surface area contributed by atoms with Crippen molar-refractivity contribution in [2.75, 3.05) is 19.8 Å². The summed E-state index contributed by atoms with van der Waals surface area (Å²) in [6.07, 6.45) is 6.92. The van der Waals surface area contributed by atoms with Crippen molar-refractivity contribution < 1.29 is 22.8 Å². The highest BCUT2D eigenvalue weighted by molar-refractivity contribution is 6.64. The van der Waals surface area contributed by atoms with Crippen LogP contribution in [0.1, 0.15) is 66.2 Å². The van der Waals surface area contributed by atoms with E-state index in [-0.39, 0.29) is 5.73 Å². The van der Waals surface area contributed by atoms with Crippen molar-refractivity contribution in [2.24, 2.45) is 0 Å². The topological polar surface area (TPSA) is 54.0 Å². The monoisotopic (exact) mass is 346 g/mol. The second kappa shape index (κ2) is 13.7. The van der Waals surface area contributed by atoms with Gasteiger partial charge in [0.15, 0.2) is 0 Å². The van der Waals surface area contributed by atoms with Gasteiger partial charge in [-0.15, -0.1) is 0 Å². The van der Waals surface area contributed by atoms with E-state index in [9.17, 15) is 4.79 Å². The van der Waals surface area contributed by atoms with Crippen molar-refractivity contribution >= 4 is 14.8 Å². The average molecular weight is 347 g/mol. The van der Waals surface area contributed by atoms with Crippen LogP contribution in [0, 0.1) is 0 Å². The summed E-state index contributed by atoms with van der Waals surface area (Å²) in [4.78, 5) is 11.8. The minimum Gasteiger partial charge on any atom is -0.469 e. The molecule has 1 atom stereocenters. The van der Waals surface area contributed by atoms with E-state index in [2.05, 4.69) is 27.4 Å². The molecule has 0 aromatic carbocycles. The smallest absolute Gasteiger partial charge is 0.469 e. The molecule has 0 spiro atoms. The van der Waals surface area contributed by atoms with E-state index in [1.54, 1.807) is 0 Å². The Morgan fingerprint density at radius 1 is 1.00 bits per heavy atom. The van der Waals surface area contributed by atoms with Crippen LogP contribution in [0.3, 0.4) is 0 Å². The van der Waals surface area contributed by atoms with Gasteiger partial charge in [0, 0.05) is 25.9 Å². The number of hydrogen-bond acceptors (Lipinski definition) is 5. The van der Waals surface area contributed by atoms with Crippen molar-refractivity contribution in [1.82, 2.24) is 0 Å². The van der Waals surface area contributed by atoms with Gasteiger partial charge in [0.25, 0.3) is 0 Å². The maximum absolute atomic E-state index is 11.8. The maximum atomic E-state index is 11.8. The Kier molecular flexibility index (Phi) is 13.3. The largest absolute Gasteiger partial charge is 0.598 e. The van der Waals surface area contributed by atoms with Gasteiger partial charge in [0.05, 0.1) is 0 Å². The first-order valence-corrected chi connectivity index (χ1v) is 10.6. The standard InChI is InChI=1S/C17H34O5Si/c1-6-10-13-19-16(5)23(20-14-11-7-2,21-15-12-8-3)22-17(18)9-4/h9,16H,4,6-8,10-15H2,1-3,5H3. The van der Waals surface area contributed by atoms with Gasteiger partial charge in [-0.3, -0.25) is 0 Å². The number of carbonyl (C=O) groups is 1. The third-order valence-corrected chi connectivity index (χ3v) is 6.24. The molecular formula is C17H34O5Si. The molecule has 0 aliphatic rings. The molecule has 0 amide bonds. The predicted octanol–water partition coefficient (Wildman–Crippen LogP) is 4.03. The fourth-order valence-corrected chi connectivity index (χ4v) is 4.20. The summed E-state index contributed by atoms with van der Waals surface area (Å²) in [5.41, 5.74) is -0.383. The number of carbonyl (C=O) groups excluding carboxylic acids is 1. The number of hydrogen-bond donors (Lipinski definition) is 0. The van der Waals surface area contributed by atoms with Crippen LogP contribution < -0.4 is 0 Å². The first-order valence-electron chi connectivity index (χ1n) is 8.81. The van der Waals surface area contributed by atoms with E-state index in [1.165, 1.54) is 0 Å². The Balaban J connectivity index is 5.06. The Hall–Kier alpha value is -0.693. The minimum atomic E-state index is -3.25. The summed E-state index contributed by atoms with van der Waals surface area (Å²) in [7, 11) is -3.25. The molecule has 0 aliphatic heterocycles. The fraction of sp³-hybridized carbons (Fsp3) is 0.824. The van der Waals surface area contributed by atoms with E-state index in [1.807, 2.05) is 6.92 Å². The molecule has 0 bridgehead atoms. The van der Waals surface area contributed by atoms with Gasteiger partial charge in [-0.2, -0.15) is 0 Å². The zero-order valence-corrected chi connectivity index (χ0v) is 16.3. The van der Waals surface area contributed by atoms with Crippen LogP contribution in [0.4, 0.5) is 0 Å². The summed E-state index contributed by atoms with van der Waals surface area (Å²) < 4.78 is 23.4.